The van der Waals surface area contributed by atoms with Crippen LogP contribution in [0.25, 0.3) is 5.78 Å². The molecule has 0 amide bonds. The van der Waals surface area contributed by atoms with Crippen LogP contribution in [0, 0.1) is 6.92 Å². The maximum atomic E-state index is 9.26. The molecule has 18 heavy (non-hydrogen) atoms. The third-order valence-electron chi connectivity index (χ3n) is 2.41. The second kappa shape index (κ2) is 4.30. The van der Waals surface area contributed by atoms with Crippen molar-refractivity contribution in [3.8, 4) is 5.75 Å². The van der Waals surface area contributed by atoms with Gasteiger partial charge in [-0.1, -0.05) is 11.8 Å². The summed E-state index contributed by atoms with van der Waals surface area (Å²) < 4.78 is 1.70. The fourth-order valence-corrected chi connectivity index (χ4v) is 2.56. The lowest BCUT2D eigenvalue weighted by Gasteiger charge is -2.04. The predicted molar refractivity (Wildman–Crippen MR) is 67.7 cm³/mol. The van der Waals surface area contributed by atoms with Gasteiger partial charge in [0.25, 0.3) is 5.78 Å². The molecule has 0 saturated carbocycles. The molecule has 2 heterocycles. The van der Waals surface area contributed by atoms with Crippen LogP contribution in [-0.2, 0) is 0 Å². The summed E-state index contributed by atoms with van der Waals surface area (Å²) in [6.07, 6.45) is 1.49. The normalized spacial score (nSPS) is 10.9. The summed E-state index contributed by atoms with van der Waals surface area (Å²) >= 11 is 1.55. The number of phenolic OH excluding ortho intramolecular Hbond substituents is 1. The first kappa shape index (κ1) is 11.0. The largest absolute Gasteiger partial charge is 0.508 e. The molecule has 0 fully saturated rings. The van der Waals surface area contributed by atoms with Gasteiger partial charge in [0.2, 0.25) is 0 Å². The van der Waals surface area contributed by atoms with Gasteiger partial charge in [0, 0.05) is 10.6 Å². The van der Waals surface area contributed by atoms with Crippen molar-refractivity contribution in [3.63, 3.8) is 0 Å². The zero-order chi connectivity index (χ0) is 12.5. The van der Waals surface area contributed by atoms with E-state index in [2.05, 4.69) is 15.1 Å². The van der Waals surface area contributed by atoms with Crippen LogP contribution in [0.4, 0.5) is 0 Å². The number of aromatic nitrogens is 4. The van der Waals surface area contributed by atoms with Gasteiger partial charge in [-0.05, 0) is 37.3 Å². The quantitative estimate of drug-likeness (QED) is 0.714. The highest BCUT2D eigenvalue weighted by molar-refractivity contribution is 7.99. The Hall–Kier alpha value is -2.08. The minimum absolute atomic E-state index is 0.260. The first-order valence-electron chi connectivity index (χ1n) is 5.37. The van der Waals surface area contributed by atoms with Crippen LogP contribution in [0.15, 0.2) is 46.6 Å². The van der Waals surface area contributed by atoms with Crippen molar-refractivity contribution in [2.24, 2.45) is 0 Å². The number of aromatic hydroxyl groups is 1. The number of benzene rings is 1. The van der Waals surface area contributed by atoms with Gasteiger partial charge in [-0.15, -0.1) is 0 Å². The number of nitrogens with zero attached hydrogens (tertiary/aromatic N) is 4. The summed E-state index contributed by atoms with van der Waals surface area (Å²) in [7, 11) is 0. The zero-order valence-electron chi connectivity index (χ0n) is 9.61. The molecular weight excluding hydrogens is 248 g/mol. The van der Waals surface area contributed by atoms with Gasteiger partial charge in [-0.3, -0.25) is 0 Å². The van der Waals surface area contributed by atoms with Crippen molar-refractivity contribution < 1.29 is 5.11 Å². The van der Waals surface area contributed by atoms with E-state index in [0.717, 1.165) is 15.6 Å². The number of rotatable bonds is 2. The molecule has 90 valence electrons. The summed E-state index contributed by atoms with van der Waals surface area (Å²) in [4.78, 5) is 9.39. The van der Waals surface area contributed by atoms with Gasteiger partial charge in [-0.25, -0.2) is 4.98 Å². The van der Waals surface area contributed by atoms with Crippen LogP contribution in [0.5, 0.6) is 5.75 Å². The zero-order valence-corrected chi connectivity index (χ0v) is 10.4. The Labute approximate surface area is 108 Å². The first-order chi connectivity index (χ1) is 8.72. The Balaban J connectivity index is 2.03. The van der Waals surface area contributed by atoms with Gasteiger partial charge in [0.05, 0.1) is 0 Å². The molecule has 0 aliphatic carbocycles. The number of phenols is 1. The molecule has 1 N–H and O–H groups in total. The molecule has 3 rings (SSSR count). The summed E-state index contributed by atoms with van der Waals surface area (Å²) in [5.74, 6) is 0.854. The van der Waals surface area contributed by atoms with Crippen LogP contribution in [0.1, 0.15) is 5.69 Å². The minimum Gasteiger partial charge on any atom is -0.508 e. The lowest BCUT2D eigenvalue weighted by molar-refractivity contribution is 0.475. The maximum absolute atomic E-state index is 9.26. The predicted octanol–water partition coefficient (Wildman–Crippen LogP) is 2.29. The van der Waals surface area contributed by atoms with Crippen molar-refractivity contribution in [1.82, 2.24) is 19.6 Å². The van der Waals surface area contributed by atoms with E-state index in [1.807, 2.05) is 25.1 Å². The summed E-state index contributed by atoms with van der Waals surface area (Å²) in [5.41, 5.74) is 0.900. The van der Waals surface area contributed by atoms with E-state index in [1.165, 1.54) is 6.33 Å². The first-order valence-corrected chi connectivity index (χ1v) is 6.18. The molecule has 0 radical (unpaired) electrons. The molecule has 0 aliphatic rings. The highest BCUT2D eigenvalue weighted by Crippen LogP contribution is 2.28. The van der Waals surface area contributed by atoms with Crippen LogP contribution < -0.4 is 0 Å². The van der Waals surface area contributed by atoms with Crippen LogP contribution in [0.3, 0.4) is 0 Å². The van der Waals surface area contributed by atoms with Crippen molar-refractivity contribution in [3.05, 3.63) is 42.4 Å². The van der Waals surface area contributed by atoms with Crippen molar-refractivity contribution in [2.75, 3.05) is 0 Å². The molecule has 0 bridgehead atoms. The second-order valence-electron chi connectivity index (χ2n) is 3.80. The minimum atomic E-state index is 0.260. The third-order valence-corrected chi connectivity index (χ3v) is 3.41. The van der Waals surface area contributed by atoms with E-state index in [1.54, 1.807) is 28.4 Å². The van der Waals surface area contributed by atoms with Gasteiger partial charge in [0.15, 0.2) is 0 Å². The number of hydrogen-bond acceptors (Lipinski definition) is 5. The Morgan fingerprint density at radius 1 is 1.22 bits per heavy atom. The Kier molecular flexibility index (Phi) is 2.64. The molecule has 5 nitrogen and oxygen atoms in total. The van der Waals surface area contributed by atoms with E-state index in [0.29, 0.717) is 5.78 Å². The van der Waals surface area contributed by atoms with E-state index in [9.17, 15) is 5.11 Å². The number of aryl methyl sites for hydroxylation is 1. The summed E-state index contributed by atoms with van der Waals surface area (Å²) in [6.45, 7) is 1.93. The molecule has 0 atom stereocenters. The number of fused-ring (bicyclic) bond motifs is 1. The maximum Gasteiger partial charge on any atom is 0.253 e. The topological polar surface area (TPSA) is 63.3 Å². The lowest BCUT2D eigenvalue weighted by atomic mass is 10.3. The smallest absolute Gasteiger partial charge is 0.253 e. The van der Waals surface area contributed by atoms with E-state index in [-0.39, 0.29) is 5.75 Å². The van der Waals surface area contributed by atoms with Crippen molar-refractivity contribution in [2.45, 2.75) is 16.8 Å². The summed E-state index contributed by atoms with van der Waals surface area (Å²) in [5, 5.41) is 14.4. The fourth-order valence-electron chi connectivity index (χ4n) is 1.60. The average molecular weight is 258 g/mol. The SMILES string of the molecule is Cc1cc(Sc2ccc(O)cc2)n2ncnc2n1. The molecular formula is C12H10N4OS. The van der Waals surface area contributed by atoms with Gasteiger partial charge in [-0.2, -0.15) is 14.6 Å². The molecule has 3 aromatic rings. The number of hydrogen-bond donors (Lipinski definition) is 1. The summed E-state index contributed by atoms with van der Waals surface area (Å²) in [6, 6.07) is 9.00. The average Bonchev–Trinajstić information content (AvgIpc) is 2.80. The monoisotopic (exact) mass is 258 g/mol. The molecule has 6 heteroatoms. The highest BCUT2D eigenvalue weighted by Gasteiger charge is 2.07. The van der Waals surface area contributed by atoms with Gasteiger partial charge >= 0.3 is 0 Å². The van der Waals surface area contributed by atoms with Crippen LogP contribution in [-0.4, -0.2) is 24.7 Å². The van der Waals surface area contributed by atoms with E-state index >= 15 is 0 Å². The van der Waals surface area contributed by atoms with Gasteiger partial charge < -0.3 is 5.11 Å². The highest BCUT2D eigenvalue weighted by atomic mass is 32.2. The Morgan fingerprint density at radius 2 is 2.00 bits per heavy atom. The van der Waals surface area contributed by atoms with Crippen LogP contribution >= 0.6 is 11.8 Å². The van der Waals surface area contributed by atoms with E-state index < -0.39 is 0 Å². The molecule has 0 unspecified atom stereocenters. The third kappa shape index (κ3) is 2.02. The van der Waals surface area contributed by atoms with Crippen molar-refractivity contribution >= 4 is 17.5 Å². The molecule has 2 aromatic heterocycles. The standard InChI is InChI=1S/C12H10N4OS/c1-8-6-11(16-12(15-8)13-7-14-16)18-10-4-2-9(17)3-5-10/h2-7,17H,1H3. The molecule has 0 aliphatic heterocycles. The Bertz CT molecular complexity index is 693. The molecule has 1 aromatic carbocycles. The van der Waals surface area contributed by atoms with Gasteiger partial charge in [0.1, 0.15) is 17.1 Å². The van der Waals surface area contributed by atoms with Crippen molar-refractivity contribution in [1.29, 1.82) is 0 Å². The fraction of sp³-hybridized carbons (Fsp3) is 0.0833. The molecule has 0 saturated heterocycles. The Morgan fingerprint density at radius 3 is 2.78 bits per heavy atom. The lowest BCUT2D eigenvalue weighted by Crippen LogP contribution is -1.96. The second-order valence-corrected chi connectivity index (χ2v) is 4.90. The van der Waals surface area contributed by atoms with Crippen LogP contribution in [0.2, 0.25) is 0 Å². The van der Waals surface area contributed by atoms with E-state index in [4.69, 9.17) is 0 Å². The molecule has 0 spiro atoms.